The number of rotatable bonds is 3. The molecule has 2 heterocycles. The third-order valence-electron chi connectivity index (χ3n) is 4.51. The van der Waals surface area contributed by atoms with E-state index in [-0.39, 0.29) is 11.6 Å². The monoisotopic (exact) mass is 277 g/mol. The molecule has 1 aromatic rings. The number of morpholine rings is 1. The first-order valence-electron chi connectivity index (χ1n) is 7.52. The normalized spacial score (nSPS) is 24.4. The molecule has 1 unspecified atom stereocenters. The molecule has 1 atom stereocenters. The van der Waals surface area contributed by atoms with Crippen LogP contribution >= 0.6 is 0 Å². The van der Waals surface area contributed by atoms with E-state index in [2.05, 4.69) is 25.2 Å². The number of fused-ring (bicyclic) bond motifs is 1. The van der Waals surface area contributed by atoms with Gasteiger partial charge in [-0.3, -0.25) is 0 Å². The smallest absolute Gasteiger partial charge is 0.161 e. The summed E-state index contributed by atoms with van der Waals surface area (Å²) in [6.45, 7) is 7.29. The minimum absolute atomic E-state index is 0.0945. The van der Waals surface area contributed by atoms with Crippen molar-refractivity contribution in [3.8, 4) is 11.5 Å². The van der Waals surface area contributed by atoms with Gasteiger partial charge in [0.15, 0.2) is 11.5 Å². The Balaban J connectivity index is 1.72. The van der Waals surface area contributed by atoms with E-state index in [1.165, 1.54) is 0 Å². The average Bonchev–Trinajstić information content (AvgIpc) is 2.54. The highest BCUT2D eigenvalue weighted by molar-refractivity contribution is 5.44. The molecule has 1 saturated heterocycles. The van der Waals surface area contributed by atoms with Gasteiger partial charge in [-0.15, -0.1) is 0 Å². The predicted octanol–water partition coefficient (Wildman–Crippen LogP) is 2.68. The van der Waals surface area contributed by atoms with Crippen molar-refractivity contribution in [3.63, 3.8) is 0 Å². The van der Waals surface area contributed by atoms with Crippen LogP contribution < -0.4 is 14.8 Å². The van der Waals surface area contributed by atoms with E-state index < -0.39 is 0 Å². The Morgan fingerprint density at radius 2 is 1.90 bits per heavy atom. The fourth-order valence-electron chi connectivity index (χ4n) is 2.86. The van der Waals surface area contributed by atoms with Gasteiger partial charge in [0.1, 0.15) is 13.2 Å². The Kier molecular flexibility index (Phi) is 3.85. The van der Waals surface area contributed by atoms with Crippen LogP contribution in [0.5, 0.6) is 11.5 Å². The van der Waals surface area contributed by atoms with Crippen LogP contribution in [-0.2, 0) is 4.74 Å². The van der Waals surface area contributed by atoms with Crippen LogP contribution in [0.25, 0.3) is 0 Å². The molecule has 3 rings (SSSR count). The molecule has 4 nitrogen and oxygen atoms in total. The Bertz CT molecular complexity index is 461. The van der Waals surface area contributed by atoms with Crippen molar-refractivity contribution in [1.29, 1.82) is 0 Å². The molecule has 0 aliphatic carbocycles. The van der Waals surface area contributed by atoms with Gasteiger partial charge < -0.3 is 19.5 Å². The third kappa shape index (κ3) is 2.50. The van der Waals surface area contributed by atoms with Crippen LogP contribution in [0.1, 0.15) is 38.4 Å². The minimum atomic E-state index is 0.0945. The van der Waals surface area contributed by atoms with Gasteiger partial charge in [-0.25, -0.2) is 0 Å². The second kappa shape index (κ2) is 5.62. The van der Waals surface area contributed by atoms with Crippen LogP contribution in [0.4, 0.5) is 0 Å². The molecule has 1 N–H and O–H groups in total. The fraction of sp³-hybridized carbons (Fsp3) is 0.625. The van der Waals surface area contributed by atoms with Crippen molar-refractivity contribution in [2.75, 3.05) is 26.4 Å². The Morgan fingerprint density at radius 3 is 2.55 bits per heavy atom. The van der Waals surface area contributed by atoms with E-state index in [1.54, 1.807) is 0 Å². The number of nitrogens with one attached hydrogen (secondary N) is 1. The standard InChI is InChI=1S/C16H23NO3/c1-3-16(4-2)11-20-15(10-17-16)12-5-6-13-14(9-12)19-8-7-18-13/h5-6,9,15,17H,3-4,7-8,10-11H2,1-2H3. The lowest BCUT2D eigenvalue weighted by Crippen LogP contribution is -2.54. The molecule has 20 heavy (non-hydrogen) atoms. The maximum atomic E-state index is 6.09. The van der Waals surface area contributed by atoms with E-state index in [1.807, 2.05) is 12.1 Å². The molecule has 1 fully saturated rings. The maximum Gasteiger partial charge on any atom is 0.161 e. The second-order valence-corrected chi connectivity index (χ2v) is 5.57. The lowest BCUT2D eigenvalue weighted by Gasteiger charge is -2.40. The summed E-state index contributed by atoms with van der Waals surface area (Å²) in [5.41, 5.74) is 1.30. The summed E-state index contributed by atoms with van der Waals surface area (Å²) in [6.07, 6.45) is 2.28. The van der Waals surface area contributed by atoms with Gasteiger partial charge in [-0.2, -0.15) is 0 Å². The SMILES string of the molecule is CCC1(CC)COC(c2ccc3c(c2)OCCO3)CN1. The van der Waals surface area contributed by atoms with Crippen molar-refractivity contribution in [3.05, 3.63) is 23.8 Å². The second-order valence-electron chi connectivity index (χ2n) is 5.57. The summed E-state index contributed by atoms with van der Waals surface area (Å²) in [7, 11) is 0. The summed E-state index contributed by atoms with van der Waals surface area (Å²) in [4.78, 5) is 0. The lowest BCUT2D eigenvalue weighted by molar-refractivity contribution is -0.0376. The minimum Gasteiger partial charge on any atom is -0.486 e. The molecule has 1 aromatic carbocycles. The molecule has 0 spiro atoms. The highest BCUT2D eigenvalue weighted by Gasteiger charge is 2.33. The first kappa shape index (κ1) is 13.7. The molecule has 0 amide bonds. The number of ether oxygens (including phenoxy) is 3. The highest BCUT2D eigenvalue weighted by Crippen LogP contribution is 2.35. The molecule has 2 aliphatic rings. The summed E-state index contributed by atoms with van der Waals surface area (Å²) < 4.78 is 17.3. The summed E-state index contributed by atoms with van der Waals surface area (Å²) in [5, 5.41) is 3.66. The van der Waals surface area contributed by atoms with E-state index in [0.717, 1.165) is 43.1 Å². The van der Waals surface area contributed by atoms with E-state index >= 15 is 0 Å². The largest absolute Gasteiger partial charge is 0.486 e. The van der Waals surface area contributed by atoms with Gasteiger partial charge in [0, 0.05) is 12.1 Å². The topological polar surface area (TPSA) is 39.7 Å². The zero-order valence-electron chi connectivity index (χ0n) is 12.3. The molecular weight excluding hydrogens is 254 g/mol. The van der Waals surface area contributed by atoms with Crippen LogP contribution in [0.3, 0.4) is 0 Å². The van der Waals surface area contributed by atoms with Gasteiger partial charge in [0.25, 0.3) is 0 Å². The van der Waals surface area contributed by atoms with E-state index in [9.17, 15) is 0 Å². The molecule has 0 aromatic heterocycles. The van der Waals surface area contributed by atoms with Crippen molar-refractivity contribution < 1.29 is 14.2 Å². The van der Waals surface area contributed by atoms with Gasteiger partial charge in [0.2, 0.25) is 0 Å². The van der Waals surface area contributed by atoms with Crippen molar-refractivity contribution >= 4 is 0 Å². The highest BCUT2D eigenvalue weighted by atomic mass is 16.6. The van der Waals surface area contributed by atoms with Crippen LogP contribution in [-0.4, -0.2) is 31.9 Å². The van der Waals surface area contributed by atoms with Crippen LogP contribution in [0, 0.1) is 0 Å². The molecular formula is C16H23NO3. The zero-order valence-corrected chi connectivity index (χ0v) is 12.3. The fourth-order valence-corrected chi connectivity index (χ4v) is 2.86. The Labute approximate surface area is 120 Å². The van der Waals surface area contributed by atoms with Gasteiger partial charge in [-0.1, -0.05) is 19.9 Å². The Morgan fingerprint density at radius 1 is 1.15 bits per heavy atom. The zero-order chi connectivity index (χ0) is 14.0. The van der Waals surface area contributed by atoms with Crippen LogP contribution in [0.15, 0.2) is 18.2 Å². The predicted molar refractivity (Wildman–Crippen MR) is 77.4 cm³/mol. The summed E-state index contributed by atoms with van der Waals surface area (Å²) >= 11 is 0. The van der Waals surface area contributed by atoms with Crippen LogP contribution in [0.2, 0.25) is 0 Å². The van der Waals surface area contributed by atoms with Gasteiger partial charge in [-0.05, 0) is 30.5 Å². The number of hydrogen-bond donors (Lipinski definition) is 1. The van der Waals surface area contributed by atoms with E-state index in [4.69, 9.17) is 14.2 Å². The number of benzene rings is 1. The molecule has 0 radical (unpaired) electrons. The lowest BCUT2D eigenvalue weighted by atomic mass is 9.91. The molecule has 2 aliphatic heterocycles. The number of hydrogen-bond acceptors (Lipinski definition) is 4. The summed E-state index contributed by atoms with van der Waals surface area (Å²) in [6, 6.07) is 6.10. The summed E-state index contributed by atoms with van der Waals surface area (Å²) in [5.74, 6) is 1.67. The molecule has 4 heteroatoms. The van der Waals surface area contributed by atoms with E-state index in [0.29, 0.717) is 13.2 Å². The third-order valence-corrected chi connectivity index (χ3v) is 4.51. The van der Waals surface area contributed by atoms with Crippen molar-refractivity contribution in [2.24, 2.45) is 0 Å². The first-order chi connectivity index (χ1) is 9.76. The quantitative estimate of drug-likeness (QED) is 0.922. The van der Waals surface area contributed by atoms with Crippen molar-refractivity contribution in [1.82, 2.24) is 5.32 Å². The first-order valence-corrected chi connectivity index (χ1v) is 7.52. The van der Waals surface area contributed by atoms with Gasteiger partial charge >= 0.3 is 0 Å². The van der Waals surface area contributed by atoms with Crippen molar-refractivity contribution in [2.45, 2.75) is 38.3 Å². The van der Waals surface area contributed by atoms with Gasteiger partial charge in [0.05, 0.1) is 12.7 Å². The molecule has 0 saturated carbocycles. The molecule has 110 valence electrons. The molecule has 0 bridgehead atoms. The Hall–Kier alpha value is -1.26. The average molecular weight is 277 g/mol. The maximum absolute atomic E-state index is 6.09.